The maximum Gasteiger partial charge on any atom is 0.335 e. The summed E-state index contributed by atoms with van der Waals surface area (Å²) < 4.78 is 16.6. The van der Waals surface area contributed by atoms with Gasteiger partial charge >= 0.3 is 5.97 Å². The summed E-state index contributed by atoms with van der Waals surface area (Å²) in [5.41, 5.74) is 0.792. The molecule has 0 saturated carbocycles. The first kappa shape index (κ1) is 28.8. The topological polar surface area (TPSA) is 139 Å². The van der Waals surface area contributed by atoms with Gasteiger partial charge in [-0.05, 0) is 60.9 Å². The number of esters is 1. The van der Waals surface area contributed by atoms with Gasteiger partial charge in [-0.15, -0.1) is 0 Å². The fraction of sp³-hybridized carbons (Fsp3) is 0.258. The maximum absolute atomic E-state index is 13.5. The molecule has 1 aliphatic heterocycles. The molecule has 41 heavy (non-hydrogen) atoms. The second-order valence-electron chi connectivity index (χ2n) is 9.35. The Labute approximate surface area is 237 Å². The first-order chi connectivity index (χ1) is 19.8. The van der Waals surface area contributed by atoms with Crippen LogP contribution in [0.1, 0.15) is 59.2 Å². The van der Waals surface area contributed by atoms with Gasteiger partial charge in [0.05, 0.1) is 30.5 Å². The predicted molar refractivity (Wildman–Crippen MR) is 148 cm³/mol. The van der Waals surface area contributed by atoms with Crippen LogP contribution in [0.3, 0.4) is 0 Å². The summed E-state index contributed by atoms with van der Waals surface area (Å²) in [4.78, 5) is 53.3. The number of imide groups is 1. The lowest BCUT2D eigenvalue weighted by Crippen LogP contribution is -2.50. The lowest BCUT2D eigenvalue weighted by Gasteiger charge is -2.29. The molecule has 0 radical (unpaired) electrons. The molecule has 1 aliphatic rings. The van der Waals surface area contributed by atoms with Crippen molar-refractivity contribution in [2.45, 2.75) is 39.8 Å². The third-order valence-corrected chi connectivity index (χ3v) is 6.69. The lowest BCUT2D eigenvalue weighted by molar-refractivity contribution is -0.140. The van der Waals surface area contributed by atoms with Crippen molar-refractivity contribution < 1.29 is 33.1 Å². The number of rotatable bonds is 11. The number of fused-ring (bicyclic) bond motifs is 1. The average Bonchev–Trinajstić information content (AvgIpc) is 3.59. The quantitative estimate of drug-likeness (QED) is 0.120. The Morgan fingerprint density at radius 2 is 1.76 bits per heavy atom. The molecule has 0 bridgehead atoms. The molecule has 4 rings (SSSR count). The monoisotopic (exact) mass is 555 g/mol. The lowest BCUT2D eigenvalue weighted by atomic mass is 9.97. The van der Waals surface area contributed by atoms with Gasteiger partial charge < -0.3 is 19.2 Å². The van der Waals surface area contributed by atoms with E-state index < -0.39 is 29.7 Å². The molecule has 3 amide bonds. The molecular formula is C31H29N3O7. The zero-order valence-electron chi connectivity index (χ0n) is 22.9. The maximum atomic E-state index is 13.5. The van der Waals surface area contributed by atoms with Crippen molar-refractivity contribution in [2.24, 2.45) is 5.92 Å². The number of carbonyl (C=O) groups excluding carboxylic acids is 4. The number of ether oxygens (including phenoxy) is 2. The third-order valence-electron chi connectivity index (χ3n) is 6.69. The number of benzene rings is 2. The number of nitrogens with one attached hydrogen (secondary N) is 1. The Morgan fingerprint density at radius 3 is 2.34 bits per heavy atom. The van der Waals surface area contributed by atoms with Crippen molar-refractivity contribution in [1.82, 2.24) is 10.2 Å². The highest BCUT2D eigenvalue weighted by molar-refractivity contribution is 6.22. The number of nitriles is 1. The number of furan rings is 1. The minimum atomic E-state index is -1.16. The molecule has 10 heteroatoms. The van der Waals surface area contributed by atoms with Gasteiger partial charge in [0, 0.05) is 0 Å². The van der Waals surface area contributed by atoms with Crippen molar-refractivity contribution >= 4 is 29.8 Å². The minimum absolute atomic E-state index is 0.0692. The first-order valence-electron chi connectivity index (χ1n) is 13.2. The standard InChI is InChI=1S/C31H29N3O7/c1-4-19(3)27(34-29(36)23-10-6-7-11-24(23)30(34)37)31(38)41-25-13-12-20(16-26(25)39-5-2)15-21(17-32)28(35)33-18-22-9-8-14-40-22/h6-16,19,27H,4-5,18H2,1-3H3,(H,33,35)/b21-15+. The molecule has 0 saturated heterocycles. The third kappa shape index (κ3) is 6.20. The van der Waals surface area contributed by atoms with Crippen LogP contribution in [0.25, 0.3) is 6.08 Å². The molecule has 3 aromatic rings. The van der Waals surface area contributed by atoms with E-state index in [4.69, 9.17) is 13.9 Å². The first-order valence-corrected chi connectivity index (χ1v) is 13.2. The molecule has 0 fully saturated rings. The van der Waals surface area contributed by atoms with E-state index in [9.17, 15) is 24.4 Å². The fourth-order valence-electron chi connectivity index (χ4n) is 4.40. The van der Waals surface area contributed by atoms with Gasteiger partial charge in [0.15, 0.2) is 11.5 Å². The highest BCUT2D eigenvalue weighted by atomic mass is 16.6. The van der Waals surface area contributed by atoms with Gasteiger partial charge in [0.2, 0.25) is 0 Å². The van der Waals surface area contributed by atoms with E-state index in [2.05, 4.69) is 5.32 Å². The fourth-order valence-corrected chi connectivity index (χ4v) is 4.40. The van der Waals surface area contributed by atoms with Crippen LogP contribution in [0.4, 0.5) is 0 Å². The van der Waals surface area contributed by atoms with Crippen LogP contribution in [0, 0.1) is 17.2 Å². The predicted octanol–water partition coefficient (Wildman–Crippen LogP) is 4.52. The summed E-state index contributed by atoms with van der Waals surface area (Å²) in [6, 6.07) is 15.1. The second-order valence-corrected chi connectivity index (χ2v) is 9.35. The van der Waals surface area contributed by atoms with E-state index in [1.807, 2.05) is 13.0 Å². The molecule has 2 heterocycles. The van der Waals surface area contributed by atoms with E-state index >= 15 is 0 Å². The molecule has 0 aliphatic carbocycles. The van der Waals surface area contributed by atoms with E-state index in [1.54, 1.807) is 56.3 Å². The van der Waals surface area contributed by atoms with Crippen molar-refractivity contribution in [2.75, 3.05) is 6.61 Å². The summed E-state index contributed by atoms with van der Waals surface area (Å²) in [6.07, 6.45) is 3.37. The van der Waals surface area contributed by atoms with Crippen molar-refractivity contribution in [3.63, 3.8) is 0 Å². The van der Waals surface area contributed by atoms with Gasteiger partial charge in [-0.25, -0.2) is 4.79 Å². The number of nitrogens with zero attached hydrogens (tertiary/aromatic N) is 2. The summed E-state index contributed by atoms with van der Waals surface area (Å²) in [5.74, 6) is -2.06. The van der Waals surface area contributed by atoms with E-state index in [1.165, 1.54) is 24.5 Å². The van der Waals surface area contributed by atoms with Crippen LogP contribution in [-0.4, -0.2) is 41.2 Å². The summed E-state index contributed by atoms with van der Waals surface area (Å²) >= 11 is 0. The molecular weight excluding hydrogens is 526 g/mol. The van der Waals surface area contributed by atoms with Gasteiger partial charge in [-0.3, -0.25) is 19.3 Å². The Hall–Kier alpha value is -5.17. The molecule has 1 N–H and O–H groups in total. The SMILES string of the molecule is CCOc1cc(/C=C(\C#N)C(=O)NCc2ccco2)ccc1OC(=O)C(C(C)CC)N1C(=O)c2ccccc2C1=O. The molecule has 2 atom stereocenters. The van der Waals surface area contributed by atoms with Crippen LogP contribution < -0.4 is 14.8 Å². The highest BCUT2D eigenvalue weighted by Gasteiger charge is 2.45. The zero-order valence-corrected chi connectivity index (χ0v) is 22.9. The van der Waals surface area contributed by atoms with Gasteiger partial charge in [0.25, 0.3) is 17.7 Å². The van der Waals surface area contributed by atoms with Crippen molar-refractivity contribution in [3.05, 3.63) is 88.9 Å². The summed E-state index contributed by atoms with van der Waals surface area (Å²) in [6.45, 7) is 5.73. The Bertz CT molecular complexity index is 1500. The van der Waals surface area contributed by atoms with E-state index in [0.717, 1.165) is 4.90 Å². The van der Waals surface area contributed by atoms with E-state index in [-0.39, 0.29) is 47.3 Å². The molecule has 210 valence electrons. The number of hydrogen-bond donors (Lipinski definition) is 1. The van der Waals surface area contributed by atoms with Crippen LogP contribution in [-0.2, 0) is 16.1 Å². The number of hydrogen-bond acceptors (Lipinski definition) is 8. The zero-order chi connectivity index (χ0) is 29.5. The number of amides is 3. The van der Waals surface area contributed by atoms with Crippen molar-refractivity contribution in [1.29, 1.82) is 5.26 Å². The summed E-state index contributed by atoms with van der Waals surface area (Å²) in [5, 5.41) is 12.2. The van der Waals surface area contributed by atoms with Crippen LogP contribution >= 0.6 is 0 Å². The van der Waals surface area contributed by atoms with Crippen molar-refractivity contribution in [3.8, 4) is 17.6 Å². The normalized spacial score (nSPS) is 14.2. The summed E-state index contributed by atoms with van der Waals surface area (Å²) in [7, 11) is 0. The second kappa shape index (κ2) is 12.8. The van der Waals surface area contributed by atoms with Crippen LogP contribution in [0.5, 0.6) is 11.5 Å². The number of carbonyl (C=O) groups is 4. The average molecular weight is 556 g/mol. The molecule has 1 aromatic heterocycles. The van der Waals surface area contributed by atoms with Gasteiger partial charge in [-0.1, -0.05) is 38.5 Å². The van der Waals surface area contributed by atoms with Crippen LogP contribution in [0.2, 0.25) is 0 Å². The molecule has 2 unspecified atom stereocenters. The van der Waals surface area contributed by atoms with Gasteiger partial charge in [0.1, 0.15) is 23.4 Å². The largest absolute Gasteiger partial charge is 0.490 e. The minimum Gasteiger partial charge on any atom is -0.490 e. The Morgan fingerprint density at radius 1 is 1.05 bits per heavy atom. The highest BCUT2D eigenvalue weighted by Crippen LogP contribution is 2.33. The van der Waals surface area contributed by atoms with Crippen LogP contribution in [0.15, 0.2) is 70.9 Å². The smallest absolute Gasteiger partial charge is 0.335 e. The van der Waals surface area contributed by atoms with Gasteiger partial charge in [-0.2, -0.15) is 5.26 Å². The Kier molecular flexibility index (Phi) is 8.99. The molecule has 10 nitrogen and oxygen atoms in total. The Balaban J connectivity index is 1.57. The van der Waals surface area contributed by atoms with E-state index in [0.29, 0.717) is 17.7 Å². The molecule has 2 aromatic carbocycles. The molecule has 0 spiro atoms.